The molecule has 2 unspecified atom stereocenters. The Morgan fingerprint density at radius 1 is 1.25 bits per heavy atom. The zero-order chi connectivity index (χ0) is 26.6. The molecule has 198 valence electrons. The van der Waals surface area contributed by atoms with E-state index in [0.29, 0.717) is 23.7 Å². The second-order valence-corrected chi connectivity index (χ2v) is 11.0. The van der Waals surface area contributed by atoms with E-state index in [2.05, 4.69) is 15.6 Å². The zero-order valence-corrected chi connectivity index (χ0v) is 22.0. The first-order valence-electron chi connectivity index (χ1n) is 12.4. The van der Waals surface area contributed by atoms with Gasteiger partial charge in [-0.05, 0) is 30.7 Å². The fourth-order valence-corrected chi connectivity index (χ4v) is 4.11. The number of amides is 3. The van der Waals surface area contributed by atoms with E-state index in [1.54, 1.807) is 12.1 Å². The zero-order valence-electron chi connectivity index (χ0n) is 21.3. The molecule has 1 aromatic rings. The number of nitrogens with two attached hydrogens (primary N) is 1. The maximum absolute atomic E-state index is 13.4. The van der Waals surface area contributed by atoms with Gasteiger partial charge in [-0.25, -0.2) is 4.98 Å². The number of hydrogen-bond acceptors (Lipinski definition) is 7. The molecule has 1 aliphatic heterocycles. The molecular weight excluding hydrogens is 486 g/mol. The van der Waals surface area contributed by atoms with Crippen molar-refractivity contribution in [1.82, 2.24) is 20.5 Å². The van der Waals surface area contributed by atoms with Gasteiger partial charge in [0, 0.05) is 24.7 Å². The van der Waals surface area contributed by atoms with Crippen molar-refractivity contribution in [3.05, 3.63) is 23.4 Å². The Morgan fingerprint density at radius 3 is 2.50 bits per heavy atom. The number of nitrogens with one attached hydrogen (secondary N) is 2. The first kappa shape index (κ1) is 27.9. The lowest BCUT2D eigenvalue weighted by Gasteiger charge is -2.32. The Labute approximate surface area is 216 Å². The predicted molar refractivity (Wildman–Crippen MR) is 134 cm³/mol. The average Bonchev–Trinajstić information content (AvgIpc) is 3.54. The number of rotatable bonds is 10. The minimum atomic E-state index is -0.979. The topological polar surface area (TPSA) is 144 Å². The molecule has 1 saturated heterocycles. The molecule has 1 saturated carbocycles. The first-order valence-corrected chi connectivity index (χ1v) is 12.8. The highest BCUT2D eigenvalue weighted by Gasteiger charge is 2.45. The van der Waals surface area contributed by atoms with E-state index in [1.165, 1.54) is 11.1 Å². The number of carbonyl (C=O) groups excluding carboxylic acids is 4. The minimum absolute atomic E-state index is 0.0284. The quantitative estimate of drug-likeness (QED) is 0.396. The van der Waals surface area contributed by atoms with E-state index in [1.807, 2.05) is 27.7 Å². The van der Waals surface area contributed by atoms with Gasteiger partial charge < -0.3 is 26.0 Å². The van der Waals surface area contributed by atoms with Crippen molar-refractivity contribution in [2.24, 2.45) is 11.1 Å². The summed E-state index contributed by atoms with van der Waals surface area (Å²) in [6.45, 7) is 7.53. The Morgan fingerprint density at radius 2 is 1.94 bits per heavy atom. The summed E-state index contributed by atoms with van der Waals surface area (Å²) >= 11 is 5.89. The second-order valence-electron chi connectivity index (χ2n) is 10.6. The summed E-state index contributed by atoms with van der Waals surface area (Å²) in [5.41, 5.74) is 5.71. The van der Waals surface area contributed by atoms with E-state index in [-0.39, 0.29) is 24.9 Å². The monoisotopic (exact) mass is 521 g/mol. The maximum Gasteiger partial charge on any atom is 0.289 e. The molecule has 3 rings (SSSR count). The summed E-state index contributed by atoms with van der Waals surface area (Å²) < 4.78 is 5.93. The summed E-state index contributed by atoms with van der Waals surface area (Å²) in [6, 6.07) is 0.527. The van der Waals surface area contributed by atoms with Crippen LogP contribution < -0.4 is 21.1 Å². The predicted octanol–water partition coefficient (Wildman–Crippen LogP) is 1.59. The van der Waals surface area contributed by atoms with E-state index < -0.39 is 47.2 Å². The number of aromatic nitrogens is 1. The molecule has 3 amide bonds. The van der Waals surface area contributed by atoms with Crippen molar-refractivity contribution < 1.29 is 23.9 Å². The molecule has 0 bridgehead atoms. The Balaban J connectivity index is 1.77. The number of likely N-dealkylation sites (tertiary alicyclic amines) is 1. The summed E-state index contributed by atoms with van der Waals surface area (Å²) in [5, 5.41) is 5.85. The lowest BCUT2D eigenvalue weighted by molar-refractivity contribution is -0.143. The molecule has 2 fully saturated rings. The Bertz CT molecular complexity index is 976. The molecule has 10 nitrogen and oxygen atoms in total. The number of carbonyl (C=O) groups is 4. The standard InChI is InChI=1S/C25H36ClN5O5/c1-5-6-17(20(32)23(34)29-15-8-9-15)30-22(33)18-11-16(36-19-10-7-14(26)12-28-19)13-31(18)24(35)21(27)25(2,3)4/h7,10,12,15-18,21H,5-6,8-9,11,13,27H2,1-4H3,(H,29,34)(H,30,33)/t16?,17-,18?,21+/m1/s1. The van der Waals surface area contributed by atoms with E-state index >= 15 is 0 Å². The number of ketones is 1. The molecule has 4 atom stereocenters. The highest BCUT2D eigenvalue weighted by molar-refractivity contribution is 6.38. The van der Waals surface area contributed by atoms with Gasteiger partial charge in [0.1, 0.15) is 12.1 Å². The highest BCUT2D eigenvalue weighted by Crippen LogP contribution is 2.27. The van der Waals surface area contributed by atoms with Crippen LogP contribution in [0.25, 0.3) is 0 Å². The molecule has 0 radical (unpaired) electrons. The van der Waals surface area contributed by atoms with Crippen molar-refractivity contribution in [1.29, 1.82) is 0 Å². The molecule has 11 heteroatoms. The van der Waals surface area contributed by atoms with Crippen LogP contribution in [0.5, 0.6) is 5.88 Å². The molecule has 4 N–H and O–H groups in total. The third-order valence-electron chi connectivity index (χ3n) is 6.38. The van der Waals surface area contributed by atoms with Crippen LogP contribution >= 0.6 is 11.6 Å². The van der Waals surface area contributed by atoms with Gasteiger partial charge in [-0.1, -0.05) is 45.7 Å². The second kappa shape index (κ2) is 11.6. The van der Waals surface area contributed by atoms with Crippen LogP contribution in [0.4, 0.5) is 0 Å². The molecular formula is C25H36ClN5O5. The Kier molecular flexibility index (Phi) is 8.94. The molecule has 2 heterocycles. The van der Waals surface area contributed by atoms with Crippen molar-refractivity contribution in [3.8, 4) is 5.88 Å². The normalized spacial score (nSPS) is 21.4. The summed E-state index contributed by atoms with van der Waals surface area (Å²) in [7, 11) is 0. The maximum atomic E-state index is 13.4. The number of halogens is 1. The summed E-state index contributed by atoms with van der Waals surface area (Å²) in [6.07, 6.45) is 3.69. The van der Waals surface area contributed by atoms with Gasteiger partial charge >= 0.3 is 0 Å². The van der Waals surface area contributed by atoms with Gasteiger partial charge in [-0.3, -0.25) is 19.2 Å². The molecule has 1 aliphatic carbocycles. The van der Waals surface area contributed by atoms with Crippen LogP contribution in [0.1, 0.15) is 59.8 Å². The van der Waals surface area contributed by atoms with Crippen LogP contribution in [-0.2, 0) is 19.2 Å². The van der Waals surface area contributed by atoms with Crippen molar-refractivity contribution in [3.63, 3.8) is 0 Å². The molecule has 1 aromatic heterocycles. The summed E-state index contributed by atoms with van der Waals surface area (Å²) in [4.78, 5) is 57.4. The largest absolute Gasteiger partial charge is 0.472 e. The van der Waals surface area contributed by atoms with Crippen LogP contribution in [0.15, 0.2) is 18.3 Å². The Hall–Kier alpha value is -2.72. The van der Waals surface area contributed by atoms with Crippen molar-refractivity contribution in [2.45, 2.75) is 90.1 Å². The van der Waals surface area contributed by atoms with Gasteiger partial charge in [0.05, 0.1) is 23.7 Å². The number of nitrogens with zero attached hydrogens (tertiary/aromatic N) is 2. The van der Waals surface area contributed by atoms with Gasteiger partial charge in [-0.15, -0.1) is 0 Å². The molecule has 36 heavy (non-hydrogen) atoms. The molecule has 0 aromatic carbocycles. The van der Waals surface area contributed by atoms with Crippen LogP contribution in [-0.4, -0.2) is 70.2 Å². The molecule has 2 aliphatic rings. The number of hydrogen-bond donors (Lipinski definition) is 3. The van der Waals surface area contributed by atoms with E-state index in [9.17, 15) is 19.2 Å². The first-order chi connectivity index (χ1) is 16.9. The highest BCUT2D eigenvalue weighted by atomic mass is 35.5. The number of ether oxygens (including phenoxy) is 1. The van der Waals surface area contributed by atoms with Crippen LogP contribution in [0.3, 0.4) is 0 Å². The fourth-order valence-electron chi connectivity index (χ4n) is 3.99. The van der Waals surface area contributed by atoms with Crippen molar-refractivity contribution in [2.75, 3.05) is 6.54 Å². The van der Waals surface area contributed by atoms with Crippen LogP contribution in [0, 0.1) is 5.41 Å². The van der Waals surface area contributed by atoms with Gasteiger partial charge in [0.25, 0.3) is 5.91 Å². The van der Waals surface area contributed by atoms with Gasteiger partial charge in [0.2, 0.25) is 23.5 Å². The third-order valence-corrected chi connectivity index (χ3v) is 6.61. The van der Waals surface area contributed by atoms with E-state index in [0.717, 1.165) is 12.8 Å². The smallest absolute Gasteiger partial charge is 0.289 e. The lowest BCUT2D eigenvalue weighted by Crippen LogP contribution is -2.57. The van der Waals surface area contributed by atoms with Gasteiger partial charge in [0.15, 0.2) is 0 Å². The average molecular weight is 522 g/mol. The lowest BCUT2D eigenvalue weighted by atomic mass is 9.86. The number of pyridine rings is 1. The van der Waals surface area contributed by atoms with E-state index in [4.69, 9.17) is 22.1 Å². The minimum Gasteiger partial charge on any atom is -0.472 e. The fraction of sp³-hybridized carbons (Fsp3) is 0.640. The van der Waals surface area contributed by atoms with Gasteiger partial charge in [-0.2, -0.15) is 0 Å². The van der Waals surface area contributed by atoms with Crippen LogP contribution in [0.2, 0.25) is 5.02 Å². The molecule has 0 spiro atoms. The summed E-state index contributed by atoms with van der Waals surface area (Å²) in [5.74, 6) is -1.97. The SMILES string of the molecule is CCC[C@@H](NC(=O)C1CC(Oc2ccc(Cl)cn2)CN1C(=O)[C@H](N)C(C)(C)C)C(=O)C(=O)NC1CC1. The third kappa shape index (κ3) is 7.16. The number of Topliss-reactive ketones (excluding diaryl/α,β-unsaturated/α-hetero) is 1. The van der Waals surface area contributed by atoms with Crippen molar-refractivity contribution >= 4 is 35.1 Å².